The normalized spacial score (nSPS) is 50.1. The molecule has 1 aliphatic heterocycles. The number of fused-ring (bicyclic) bond motifs is 2. The van der Waals surface area contributed by atoms with Crippen molar-refractivity contribution in [2.75, 3.05) is 53.9 Å². The zero-order chi connectivity index (χ0) is 29.8. The Bertz CT molecular complexity index is 1250. The van der Waals surface area contributed by atoms with E-state index in [4.69, 9.17) is 29.4 Å². The van der Waals surface area contributed by atoms with Crippen LogP contribution in [0.15, 0.2) is 24.3 Å². The van der Waals surface area contributed by atoms with E-state index in [-0.39, 0.29) is 48.6 Å². The molecule has 10 heteroatoms. The van der Waals surface area contributed by atoms with Crippen LogP contribution in [0.3, 0.4) is 0 Å². The zero-order valence-electron chi connectivity index (χ0n) is 25.3. The van der Waals surface area contributed by atoms with Gasteiger partial charge in [-0.2, -0.15) is 0 Å². The number of rotatable bonds is 8. The minimum atomic E-state index is -1.62. The molecule has 5 aliphatic carbocycles. The molecule has 6 fully saturated rings. The summed E-state index contributed by atoms with van der Waals surface area (Å²) in [6.07, 6.45) is 1.22. The standard InChI is InChI=1S/C32H46N2O8/c1-6-34-15-29(16-42-27(35)17-9-7-8-10-20(17)33)12-11-22(39-3)31-19-13-18-21(38-2)14-30(36,23(19)24(18)40-4)32(37,28(31)34)26(41-5)25(29)31/h7-10,18-19,21-26,28,36-37H,6,11-16,33H2,1-5H3/t18-,19-,21+,22+,23-,24+,25-,26+,28+,29+,30-,31-,32+/m1/s1. The monoisotopic (exact) mass is 586 g/mol. The predicted molar refractivity (Wildman–Crippen MR) is 153 cm³/mol. The van der Waals surface area contributed by atoms with Crippen LogP contribution in [0.1, 0.15) is 43.0 Å². The smallest absolute Gasteiger partial charge is 0.340 e. The number of para-hydroxylation sites is 1. The fourth-order valence-corrected chi connectivity index (χ4v) is 12.0. The van der Waals surface area contributed by atoms with Gasteiger partial charge in [0.25, 0.3) is 0 Å². The van der Waals surface area contributed by atoms with Crippen molar-refractivity contribution in [1.82, 2.24) is 4.90 Å². The van der Waals surface area contributed by atoms with Gasteiger partial charge >= 0.3 is 5.97 Å². The lowest BCUT2D eigenvalue weighted by Gasteiger charge is -2.70. The number of hydrogen-bond donors (Lipinski definition) is 3. The van der Waals surface area contributed by atoms with Gasteiger partial charge in [0, 0.05) is 75.7 Å². The maximum absolute atomic E-state index is 13.4. The molecule has 1 spiro atoms. The van der Waals surface area contributed by atoms with E-state index in [2.05, 4.69) is 11.8 Å². The number of aliphatic hydroxyl groups is 2. The molecule has 42 heavy (non-hydrogen) atoms. The van der Waals surface area contributed by atoms with Crippen LogP contribution in [-0.4, -0.2) is 111 Å². The maximum Gasteiger partial charge on any atom is 0.340 e. The van der Waals surface area contributed by atoms with E-state index in [1.807, 2.05) is 0 Å². The van der Waals surface area contributed by atoms with Gasteiger partial charge in [0.2, 0.25) is 0 Å². The number of nitrogens with two attached hydrogens (primary N) is 1. The number of carbonyl (C=O) groups is 1. The lowest BCUT2D eigenvalue weighted by atomic mass is 9.42. The highest BCUT2D eigenvalue weighted by Gasteiger charge is 2.91. The molecule has 1 saturated heterocycles. The molecule has 1 aromatic carbocycles. The number of nitrogen functional groups attached to an aromatic ring is 1. The lowest BCUT2D eigenvalue weighted by Crippen LogP contribution is -2.82. The molecule has 4 N–H and O–H groups in total. The Morgan fingerprint density at radius 3 is 2.50 bits per heavy atom. The number of carbonyl (C=O) groups excluding carboxylic acids is 1. The largest absolute Gasteiger partial charge is 0.461 e. The van der Waals surface area contributed by atoms with Crippen molar-refractivity contribution in [1.29, 1.82) is 0 Å². The summed E-state index contributed by atoms with van der Waals surface area (Å²) >= 11 is 0. The molecule has 0 radical (unpaired) electrons. The summed E-state index contributed by atoms with van der Waals surface area (Å²) in [6, 6.07) is 6.55. The molecular weight excluding hydrogens is 540 g/mol. The van der Waals surface area contributed by atoms with Gasteiger partial charge in [-0.05, 0) is 43.9 Å². The first kappa shape index (κ1) is 29.0. The zero-order valence-corrected chi connectivity index (χ0v) is 25.3. The van der Waals surface area contributed by atoms with Gasteiger partial charge in [-0.15, -0.1) is 0 Å². The van der Waals surface area contributed by atoms with Gasteiger partial charge in [0.05, 0.1) is 42.6 Å². The molecule has 5 saturated carbocycles. The van der Waals surface area contributed by atoms with Crippen molar-refractivity contribution < 1.29 is 38.7 Å². The third-order valence-corrected chi connectivity index (χ3v) is 13.0. The van der Waals surface area contributed by atoms with Crippen LogP contribution < -0.4 is 5.73 Å². The summed E-state index contributed by atoms with van der Waals surface area (Å²) in [4.78, 5) is 15.7. The molecule has 1 heterocycles. The van der Waals surface area contributed by atoms with Crippen molar-refractivity contribution in [3.8, 4) is 0 Å². The third-order valence-electron chi connectivity index (χ3n) is 13.0. The first-order valence-corrected chi connectivity index (χ1v) is 15.5. The number of piperidine rings is 1. The summed E-state index contributed by atoms with van der Waals surface area (Å²) in [5.74, 6) is -0.892. The Hall–Kier alpha value is -1.79. The number of nitrogens with zero attached hydrogens (tertiary/aromatic N) is 1. The summed E-state index contributed by atoms with van der Waals surface area (Å²) in [6.45, 7) is 3.54. The molecule has 0 aromatic heterocycles. The topological polar surface area (TPSA) is 133 Å². The number of likely N-dealkylation sites (tertiary alicyclic amines) is 1. The number of esters is 1. The molecule has 7 rings (SSSR count). The van der Waals surface area contributed by atoms with E-state index in [1.54, 1.807) is 52.7 Å². The Kier molecular flexibility index (Phi) is 6.62. The minimum Gasteiger partial charge on any atom is -0.461 e. The van der Waals surface area contributed by atoms with Crippen LogP contribution in [0.2, 0.25) is 0 Å². The number of ether oxygens (including phenoxy) is 5. The van der Waals surface area contributed by atoms with Crippen molar-refractivity contribution in [3.05, 3.63) is 29.8 Å². The second kappa shape index (κ2) is 9.60. The molecule has 6 aliphatic rings. The van der Waals surface area contributed by atoms with Crippen LogP contribution in [-0.2, 0) is 23.7 Å². The molecule has 13 atom stereocenters. The van der Waals surface area contributed by atoms with Gasteiger partial charge in [-0.25, -0.2) is 4.79 Å². The quantitative estimate of drug-likeness (QED) is 0.306. The van der Waals surface area contributed by atoms with Crippen LogP contribution in [0.25, 0.3) is 0 Å². The molecule has 0 unspecified atom stereocenters. The van der Waals surface area contributed by atoms with Gasteiger partial charge in [-0.1, -0.05) is 19.1 Å². The van der Waals surface area contributed by atoms with Crippen LogP contribution in [0.5, 0.6) is 0 Å². The van der Waals surface area contributed by atoms with Crippen molar-refractivity contribution in [2.24, 2.45) is 34.5 Å². The maximum atomic E-state index is 13.4. The van der Waals surface area contributed by atoms with Crippen LogP contribution >= 0.6 is 0 Å². The van der Waals surface area contributed by atoms with Crippen molar-refractivity contribution in [2.45, 2.75) is 74.3 Å². The van der Waals surface area contributed by atoms with Crippen molar-refractivity contribution >= 4 is 11.7 Å². The van der Waals surface area contributed by atoms with E-state index in [9.17, 15) is 15.0 Å². The van der Waals surface area contributed by atoms with Gasteiger partial charge in [0.1, 0.15) is 11.2 Å². The molecule has 10 nitrogen and oxygen atoms in total. The van der Waals surface area contributed by atoms with E-state index in [0.717, 1.165) is 19.3 Å². The average molecular weight is 587 g/mol. The van der Waals surface area contributed by atoms with Gasteiger partial charge < -0.3 is 39.6 Å². The average Bonchev–Trinajstić information content (AvgIpc) is 3.41. The first-order chi connectivity index (χ1) is 20.1. The van der Waals surface area contributed by atoms with E-state index < -0.39 is 40.1 Å². The highest BCUT2D eigenvalue weighted by molar-refractivity contribution is 5.95. The summed E-state index contributed by atoms with van der Waals surface area (Å²) < 4.78 is 31.1. The van der Waals surface area contributed by atoms with Gasteiger partial charge in [0.15, 0.2) is 0 Å². The van der Waals surface area contributed by atoms with Crippen LogP contribution in [0, 0.1) is 34.5 Å². The molecule has 1 aromatic rings. The Labute approximate surface area is 247 Å². The SMILES string of the molecule is CCN1C[C@]2(COC(=O)c3ccccc3N)CC[C@H](OC)[C@]34[C@@H]5C[C@H]6[C@H](OC)[C@@H]5[C@](O)(C[C@@H]6OC)[C@](O)([C@@H](OC)[C@H]23)[C@@H]14. The number of anilines is 1. The molecule has 232 valence electrons. The van der Waals surface area contributed by atoms with E-state index in [1.165, 1.54) is 0 Å². The molecule has 7 bridgehead atoms. The predicted octanol–water partition coefficient (Wildman–Crippen LogP) is 1.72. The fourth-order valence-electron chi connectivity index (χ4n) is 12.0. The summed E-state index contributed by atoms with van der Waals surface area (Å²) in [5, 5.41) is 26.3. The molecular formula is C32H46N2O8. The van der Waals surface area contributed by atoms with E-state index in [0.29, 0.717) is 30.8 Å². The summed E-state index contributed by atoms with van der Waals surface area (Å²) in [7, 11) is 6.80. The number of likely N-dealkylation sites (N-methyl/N-ethyl adjacent to an activating group) is 1. The highest BCUT2D eigenvalue weighted by atomic mass is 16.5. The third kappa shape index (κ3) is 3.12. The van der Waals surface area contributed by atoms with Crippen LogP contribution in [0.4, 0.5) is 5.69 Å². The second-order valence-corrected chi connectivity index (χ2v) is 13.8. The Morgan fingerprint density at radius 2 is 1.86 bits per heavy atom. The number of hydrogen-bond acceptors (Lipinski definition) is 10. The number of methoxy groups -OCH3 is 4. The first-order valence-electron chi connectivity index (χ1n) is 15.5. The fraction of sp³-hybridized carbons (Fsp3) is 0.781. The lowest BCUT2D eigenvalue weighted by molar-refractivity contribution is -0.320. The summed E-state index contributed by atoms with van der Waals surface area (Å²) in [5.41, 5.74) is 2.65. The molecule has 0 amide bonds. The Balaban J connectivity index is 1.41. The minimum absolute atomic E-state index is 0.00697. The second-order valence-electron chi connectivity index (χ2n) is 13.8. The van der Waals surface area contributed by atoms with Crippen molar-refractivity contribution in [3.63, 3.8) is 0 Å². The Morgan fingerprint density at radius 1 is 1.10 bits per heavy atom. The van der Waals surface area contributed by atoms with Gasteiger partial charge in [-0.3, -0.25) is 4.90 Å². The number of benzene rings is 1. The highest BCUT2D eigenvalue weighted by Crippen LogP contribution is 2.80. The van der Waals surface area contributed by atoms with E-state index >= 15 is 0 Å².